The van der Waals surface area contributed by atoms with Gasteiger partial charge < -0.3 is 10.1 Å². The third-order valence-corrected chi connectivity index (χ3v) is 7.83. The molecule has 1 N–H and O–H groups in total. The minimum Gasteiger partial charge on any atom is -0.454 e. The molecule has 12 heteroatoms. The topological polar surface area (TPSA) is 92.8 Å². The number of aryl methyl sites for hydroxylation is 1. The van der Waals surface area contributed by atoms with Gasteiger partial charge in [0.05, 0.1) is 31.2 Å². The van der Waals surface area contributed by atoms with E-state index in [1.54, 1.807) is 55.5 Å². The molecule has 3 amide bonds. The van der Waals surface area contributed by atoms with E-state index >= 15 is 0 Å². The van der Waals surface area contributed by atoms with Crippen LogP contribution in [0.4, 0.5) is 5.69 Å². The number of fused-ring (bicyclic) bond motifs is 1. The van der Waals surface area contributed by atoms with Gasteiger partial charge in [0.2, 0.25) is 0 Å². The summed E-state index contributed by atoms with van der Waals surface area (Å²) >= 11 is 30.6. The van der Waals surface area contributed by atoms with E-state index in [2.05, 4.69) is 5.32 Å². The van der Waals surface area contributed by atoms with Crippen LogP contribution >= 0.6 is 58.0 Å². The van der Waals surface area contributed by atoms with Gasteiger partial charge in [0.1, 0.15) is 6.04 Å². The van der Waals surface area contributed by atoms with Crippen molar-refractivity contribution in [2.75, 3.05) is 11.9 Å². The number of rotatable bonds is 7. The van der Waals surface area contributed by atoms with Crippen LogP contribution in [0.25, 0.3) is 0 Å². The molecule has 1 atom stereocenters. The van der Waals surface area contributed by atoms with E-state index < -0.39 is 36.3 Å². The number of halogens is 5. The summed E-state index contributed by atoms with van der Waals surface area (Å²) in [6.45, 7) is 1.08. The van der Waals surface area contributed by atoms with Crippen molar-refractivity contribution in [2.45, 2.75) is 19.4 Å². The summed E-state index contributed by atoms with van der Waals surface area (Å²) in [4.78, 5) is 53.2. The smallest absolute Gasteiger partial charge is 0.330 e. The van der Waals surface area contributed by atoms with Crippen LogP contribution in [0, 0.1) is 6.92 Å². The Balaban J connectivity index is 1.60. The summed E-state index contributed by atoms with van der Waals surface area (Å²) in [5.74, 6) is -3.41. The highest BCUT2D eigenvalue weighted by atomic mass is 35.5. The summed E-state index contributed by atoms with van der Waals surface area (Å²) in [6.07, 6.45) is -0.0975. The lowest BCUT2D eigenvalue weighted by Crippen LogP contribution is -2.47. The van der Waals surface area contributed by atoms with Crippen molar-refractivity contribution in [3.63, 3.8) is 0 Å². The largest absolute Gasteiger partial charge is 0.454 e. The monoisotopic (exact) mass is 612 g/mol. The van der Waals surface area contributed by atoms with Crippen molar-refractivity contribution in [2.24, 2.45) is 0 Å². The second kappa shape index (κ2) is 11.5. The number of imide groups is 1. The number of carbonyl (C=O) groups excluding carboxylic acids is 4. The molecule has 3 aromatic carbocycles. The fraction of sp³-hybridized carbons (Fsp3) is 0.154. The first-order valence-corrected chi connectivity index (χ1v) is 12.9. The first kappa shape index (κ1) is 28.2. The van der Waals surface area contributed by atoms with Gasteiger partial charge in [0.15, 0.2) is 6.61 Å². The first-order chi connectivity index (χ1) is 18.0. The van der Waals surface area contributed by atoms with Gasteiger partial charge in [0, 0.05) is 17.1 Å². The number of hydrogen-bond acceptors (Lipinski definition) is 5. The number of hydrogen-bond donors (Lipinski definition) is 1. The van der Waals surface area contributed by atoms with E-state index in [0.717, 1.165) is 0 Å². The quantitative estimate of drug-likeness (QED) is 0.139. The molecule has 0 radical (unpaired) electrons. The van der Waals surface area contributed by atoms with Crippen LogP contribution in [0.5, 0.6) is 0 Å². The fourth-order valence-corrected chi connectivity index (χ4v) is 5.19. The van der Waals surface area contributed by atoms with Crippen molar-refractivity contribution in [3.8, 4) is 0 Å². The summed E-state index contributed by atoms with van der Waals surface area (Å²) in [7, 11) is 0. The van der Waals surface area contributed by atoms with Gasteiger partial charge in [0.25, 0.3) is 17.7 Å². The van der Waals surface area contributed by atoms with E-state index in [1.807, 2.05) is 0 Å². The standard InChI is InChI=1S/C26H17Cl5N2O5/c1-12-9-14(27)7-8-15(12)32-17(34)11-38-26(37)16(10-13-5-3-2-4-6-13)33-24(35)18-19(25(33)36)21(29)23(31)22(30)20(18)28/h2-9,16H,10-11H2,1H3,(H,32,34). The third-order valence-electron chi connectivity index (χ3n) is 5.80. The van der Waals surface area contributed by atoms with Gasteiger partial charge >= 0.3 is 5.97 Å². The Hall–Kier alpha value is -2.81. The van der Waals surface area contributed by atoms with Crippen molar-refractivity contribution >= 4 is 87.4 Å². The predicted molar refractivity (Wildman–Crippen MR) is 147 cm³/mol. The van der Waals surface area contributed by atoms with Crippen LogP contribution in [0.2, 0.25) is 25.1 Å². The molecular weight excluding hydrogens is 598 g/mol. The highest BCUT2D eigenvalue weighted by molar-refractivity contribution is 6.55. The molecule has 0 saturated heterocycles. The first-order valence-electron chi connectivity index (χ1n) is 11.0. The molecule has 0 aromatic heterocycles. The molecule has 4 rings (SSSR count). The SMILES string of the molecule is Cc1cc(Cl)ccc1NC(=O)COC(=O)C(Cc1ccccc1)N1C(=O)c2c(Cl)c(Cl)c(Cl)c(Cl)c2C1=O. The number of nitrogens with one attached hydrogen (secondary N) is 1. The van der Waals surface area contributed by atoms with E-state index in [0.29, 0.717) is 26.7 Å². The highest BCUT2D eigenvalue weighted by Gasteiger charge is 2.47. The molecule has 1 aliphatic rings. The number of benzene rings is 3. The summed E-state index contributed by atoms with van der Waals surface area (Å²) in [6, 6.07) is 12.1. The average molecular weight is 615 g/mol. The van der Waals surface area contributed by atoms with Crippen LogP contribution in [0.3, 0.4) is 0 Å². The normalized spacial score (nSPS) is 13.4. The van der Waals surface area contributed by atoms with Crippen molar-refractivity contribution in [1.82, 2.24) is 4.90 Å². The number of carbonyl (C=O) groups is 4. The highest BCUT2D eigenvalue weighted by Crippen LogP contribution is 2.45. The summed E-state index contributed by atoms with van der Waals surface area (Å²) in [5, 5.41) is 2.20. The maximum atomic E-state index is 13.4. The maximum Gasteiger partial charge on any atom is 0.330 e. The fourth-order valence-electron chi connectivity index (χ4n) is 3.95. The van der Waals surface area contributed by atoms with E-state index in [9.17, 15) is 19.2 Å². The molecule has 0 bridgehead atoms. The van der Waals surface area contributed by atoms with Crippen LogP contribution in [-0.2, 0) is 20.7 Å². The van der Waals surface area contributed by atoms with Crippen LogP contribution in [-0.4, -0.2) is 41.2 Å². The molecule has 196 valence electrons. The molecular formula is C26H17Cl5N2O5. The Morgan fingerprint density at radius 2 is 1.45 bits per heavy atom. The summed E-state index contributed by atoms with van der Waals surface area (Å²) < 4.78 is 5.25. The molecule has 38 heavy (non-hydrogen) atoms. The Labute approximate surface area is 242 Å². The second-order valence-electron chi connectivity index (χ2n) is 8.31. The molecule has 0 saturated carbocycles. The minimum atomic E-state index is -1.44. The van der Waals surface area contributed by atoms with E-state index in [4.69, 9.17) is 62.7 Å². The van der Waals surface area contributed by atoms with Gasteiger partial charge in [-0.3, -0.25) is 19.3 Å². The van der Waals surface area contributed by atoms with Crippen molar-refractivity contribution in [1.29, 1.82) is 0 Å². The van der Waals surface area contributed by atoms with E-state index in [-0.39, 0.29) is 37.6 Å². The lowest BCUT2D eigenvalue weighted by molar-refractivity contribution is -0.151. The van der Waals surface area contributed by atoms with Gasteiger partial charge in [-0.25, -0.2) is 4.79 Å². The predicted octanol–water partition coefficient (Wildman–Crippen LogP) is 6.65. The Bertz CT molecular complexity index is 1430. The Morgan fingerprint density at radius 3 is 2.00 bits per heavy atom. The van der Waals surface area contributed by atoms with Gasteiger partial charge in [-0.05, 0) is 36.2 Å². The van der Waals surface area contributed by atoms with Crippen molar-refractivity contribution in [3.05, 3.63) is 95.9 Å². The average Bonchev–Trinajstić information content (AvgIpc) is 3.15. The minimum absolute atomic E-state index is 0.0975. The van der Waals surface area contributed by atoms with Gasteiger partial charge in [-0.2, -0.15) is 0 Å². The zero-order valence-corrected chi connectivity index (χ0v) is 23.3. The van der Waals surface area contributed by atoms with E-state index in [1.165, 1.54) is 0 Å². The number of ether oxygens (including phenoxy) is 1. The van der Waals surface area contributed by atoms with Gasteiger partial charge in [-0.15, -0.1) is 0 Å². The van der Waals surface area contributed by atoms with Gasteiger partial charge in [-0.1, -0.05) is 88.3 Å². The lowest BCUT2D eigenvalue weighted by Gasteiger charge is -2.24. The van der Waals surface area contributed by atoms with Crippen LogP contribution < -0.4 is 5.32 Å². The zero-order valence-electron chi connectivity index (χ0n) is 19.5. The maximum absolute atomic E-state index is 13.4. The number of nitrogens with zero attached hydrogens (tertiary/aromatic N) is 1. The Morgan fingerprint density at radius 1 is 0.868 bits per heavy atom. The second-order valence-corrected chi connectivity index (χ2v) is 10.3. The molecule has 1 unspecified atom stereocenters. The summed E-state index contributed by atoms with van der Waals surface area (Å²) in [5.41, 5.74) is 1.28. The molecule has 0 aliphatic carbocycles. The van der Waals surface area contributed by atoms with Crippen LogP contribution in [0.1, 0.15) is 31.8 Å². The molecule has 3 aromatic rings. The molecule has 0 spiro atoms. The number of amides is 3. The molecule has 0 fully saturated rings. The number of esters is 1. The molecule has 7 nitrogen and oxygen atoms in total. The van der Waals surface area contributed by atoms with Crippen LogP contribution in [0.15, 0.2) is 48.5 Å². The van der Waals surface area contributed by atoms with Crippen molar-refractivity contribution < 1.29 is 23.9 Å². The molecule has 1 aliphatic heterocycles. The molecule has 1 heterocycles. The lowest BCUT2D eigenvalue weighted by atomic mass is 10.0. The Kier molecular flexibility index (Phi) is 8.55. The zero-order chi connectivity index (χ0) is 27.7. The number of anilines is 1. The third kappa shape index (κ3) is 5.48.